The van der Waals surface area contributed by atoms with Crippen LogP contribution in [0.15, 0.2) is 35.1 Å². The number of hydrogen-bond donors (Lipinski definition) is 0. The van der Waals surface area contributed by atoms with E-state index in [9.17, 15) is 13.6 Å². The summed E-state index contributed by atoms with van der Waals surface area (Å²) in [6.45, 7) is -1.46. The molecule has 0 atom stereocenters. The summed E-state index contributed by atoms with van der Waals surface area (Å²) in [5.41, 5.74) is 0.350. The molecule has 1 heterocycles. The van der Waals surface area contributed by atoms with E-state index in [1.807, 2.05) is 0 Å². The maximum Gasteiger partial charge on any atom is 0.387 e. The number of para-hydroxylation sites is 1. The molecule has 0 spiro atoms. The Labute approximate surface area is 102 Å². The first-order valence-electron chi connectivity index (χ1n) is 5.31. The lowest BCUT2D eigenvalue weighted by Gasteiger charge is -2.07. The van der Waals surface area contributed by atoms with Crippen molar-refractivity contribution in [3.05, 3.63) is 46.4 Å². The third-order valence-corrected chi connectivity index (χ3v) is 2.71. The molecule has 96 valence electrons. The molecule has 0 N–H and O–H groups in total. The van der Waals surface area contributed by atoms with Crippen molar-refractivity contribution in [1.29, 1.82) is 0 Å². The van der Waals surface area contributed by atoms with Crippen LogP contribution in [0.4, 0.5) is 8.78 Å². The zero-order valence-electron chi connectivity index (χ0n) is 9.93. The van der Waals surface area contributed by atoms with Crippen LogP contribution in [-0.2, 0) is 7.05 Å². The van der Waals surface area contributed by atoms with Crippen molar-refractivity contribution >= 4 is 0 Å². The molecule has 4 nitrogen and oxygen atoms in total. The molecule has 0 bridgehead atoms. The van der Waals surface area contributed by atoms with Gasteiger partial charge in [-0.1, -0.05) is 18.2 Å². The second-order valence-electron chi connectivity index (χ2n) is 3.77. The Kier molecular flexibility index (Phi) is 3.18. The highest BCUT2D eigenvalue weighted by Gasteiger charge is 2.20. The Morgan fingerprint density at radius 1 is 1.22 bits per heavy atom. The molecule has 0 saturated carbocycles. The fraction of sp³-hybridized carbons (Fsp3) is 0.250. The van der Waals surface area contributed by atoms with Crippen molar-refractivity contribution in [1.82, 2.24) is 9.36 Å². The molecule has 0 amide bonds. The monoisotopic (exact) mass is 254 g/mol. The number of halogens is 2. The van der Waals surface area contributed by atoms with E-state index in [2.05, 4.69) is 4.74 Å². The molecule has 0 radical (unpaired) electrons. The molecule has 0 fully saturated rings. The number of ether oxygens (including phenoxy) is 1. The Bertz CT molecular complexity index is 603. The standard InChI is InChI=1S/C12H12F2N2O2/c1-8-10(18-12(13)14)11(17)16(15(8)2)9-6-4-3-5-7-9/h3-7,12H,1-2H3. The van der Waals surface area contributed by atoms with Crippen LogP contribution in [-0.4, -0.2) is 16.0 Å². The average Bonchev–Trinajstić information content (AvgIpc) is 2.54. The Morgan fingerprint density at radius 3 is 2.39 bits per heavy atom. The van der Waals surface area contributed by atoms with Crippen LogP contribution in [0.2, 0.25) is 0 Å². The molecule has 18 heavy (non-hydrogen) atoms. The van der Waals surface area contributed by atoms with E-state index in [0.717, 1.165) is 0 Å². The second-order valence-corrected chi connectivity index (χ2v) is 3.77. The highest BCUT2D eigenvalue weighted by Crippen LogP contribution is 2.17. The smallest absolute Gasteiger partial charge is 0.387 e. The molecule has 0 aliphatic rings. The number of benzene rings is 1. The van der Waals surface area contributed by atoms with E-state index in [-0.39, 0.29) is 5.75 Å². The van der Waals surface area contributed by atoms with Crippen molar-refractivity contribution in [2.45, 2.75) is 13.5 Å². The number of nitrogens with zero attached hydrogens (tertiary/aromatic N) is 2. The first-order valence-corrected chi connectivity index (χ1v) is 5.31. The van der Waals surface area contributed by atoms with Crippen LogP contribution in [0.5, 0.6) is 5.75 Å². The minimum Gasteiger partial charge on any atom is -0.427 e. The van der Waals surface area contributed by atoms with Gasteiger partial charge in [-0.05, 0) is 19.1 Å². The van der Waals surface area contributed by atoms with Gasteiger partial charge in [0.2, 0.25) is 5.75 Å². The Balaban J connectivity index is 2.60. The summed E-state index contributed by atoms with van der Waals surface area (Å²) >= 11 is 0. The van der Waals surface area contributed by atoms with E-state index in [4.69, 9.17) is 0 Å². The van der Waals surface area contributed by atoms with Crippen LogP contribution >= 0.6 is 0 Å². The van der Waals surface area contributed by atoms with Crippen LogP contribution in [0, 0.1) is 6.92 Å². The molecule has 0 saturated heterocycles. The number of hydrogen-bond acceptors (Lipinski definition) is 2. The van der Waals surface area contributed by atoms with Crippen molar-refractivity contribution in [3.8, 4) is 11.4 Å². The predicted molar refractivity (Wildman–Crippen MR) is 62.4 cm³/mol. The summed E-state index contributed by atoms with van der Waals surface area (Å²) in [6, 6.07) is 8.76. The third-order valence-electron chi connectivity index (χ3n) is 2.71. The molecule has 2 rings (SSSR count). The van der Waals surface area contributed by atoms with Gasteiger partial charge in [0.15, 0.2) is 0 Å². The molecule has 6 heteroatoms. The fourth-order valence-corrected chi connectivity index (χ4v) is 1.77. The summed E-state index contributed by atoms with van der Waals surface area (Å²) in [7, 11) is 1.61. The maximum absolute atomic E-state index is 12.2. The molecule has 1 aromatic heterocycles. The van der Waals surface area contributed by atoms with E-state index in [1.54, 1.807) is 44.3 Å². The van der Waals surface area contributed by atoms with Gasteiger partial charge in [0.05, 0.1) is 11.4 Å². The number of alkyl halides is 2. The fourth-order valence-electron chi connectivity index (χ4n) is 1.77. The van der Waals surface area contributed by atoms with Gasteiger partial charge >= 0.3 is 12.2 Å². The molecule has 0 unspecified atom stereocenters. The lowest BCUT2D eigenvalue weighted by molar-refractivity contribution is -0.0510. The van der Waals surface area contributed by atoms with Crippen LogP contribution in [0.3, 0.4) is 0 Å². The molecule has 0 aliphatic heterocycles. The molecular formula is C12H12F2N2O2. The first kappa shape index (κ1) is 12.3. The second kappa shape index (κ2) is 4.64. The Hall–Kier alpha value is -2.11. The van der Waals surface area contributed by atoms with Gasteiger partial charge in [0.1, 0.15) is 0 Å². The summed E-state index contributed by atoms with van der Waals surface area (Å²) in [5, 5.41) is 0. The lowest BCUT2D eigenvalue weighted by Crippen LogP contribution is -2.20. The van der Waals surface area contributed by atoms with Crippen molar-refractivity contribution < 1.29 is 13.5 Å². The van der Waals surface area contributed by atoms with Crippen LogP contribution in [0.25, 0.3) is 5.69 Å². The summed E-state index contributed by atoms with van der Waals surface area (Å²) < 4.78 is 31.5. The molecule has 2 aromatic rings. The van der Waals surface area contributed by atoms with Gasteiger partial charge < -0.3 is 4.74 Å². The van der Waals surface area contributed by atoms with Gasteiger partial charge in [-0.15, -0.1) is 0 Å². The predicted octanol–water partition coefficient (Wildman–Crippen LogP) is 2.09. The topological polar surface area (TPSA) is 36.2 Å². The van der Waals surface area contributed by atoms with E-state index in [0.29, 0.717) is 11.4 Å². The van der Waals surface area contributed by atoms with Gasteiger partial charge in [-0.2, -0.15) is 8.78 Å². The summed E-state index contributed by atoms with van der Waals surface area (Å²) in [5.74, 6) is -0.323. The largest absolute Gasteiger partial charge is 0.427 e. The van der Waals surface area contributed by atoms with E-state index >= 15 is 0 Å². The summed E-state index contributed by atoms with van der Waals surface area (Å²) in [6.07, 6.45) is 0. The summed E-state index contributed by atoms with van der Waals surface area (Å²) in [4.78, 5) is 12.0. The van der Waals surface area contributed by atoms with Gasteiger partial charge in [-0.25, -0.2) is 4.68 Å². The van der Waals surface area contributed by atoms with Gasteiger partial charge in [0, 0.05) is 7.05 Å². The van der Waals surface area contributed by atoms with Crippen molar-refractivity contribution in [2.75, 3.05) is 0 Å². The van der Waals surface area contributed by atoms with E-state index < -0.39 is 12.2 Å². The number of rotatable bonds is 3. The zero-order valence-corrected chi connectivity index (χ0v) is 9.93. The minimum absolute atomic E-state index is 0.323. The van der Waals surface area contributed by atoms with Gasteiger partial charge in [0.25, 0.3) is 0 Å². The first-order chi connectivity index (χ1) is 8.52. The highest BCUT2D eigenvalue weighted by atomic mass is 19.3. The van der Waals surface area contributed by atoms with Crippen LogP contribution in [0.1, 0.15) is 5.69 Å². The van der Waals surface area contributed by atoms with Crippen molar-refractivity contribution in [2.24, 2.45) is 7.05 Å². The van der Waals surface area contributed by atoms with Gasteiger partial charge in [-0.3, -0.25) is 9.48 Å². The highest BCUT2D eigenvalue weighted by molar-refractivity contribution is 5.35. The minimum atomic E-state index is -3.01. The lowest BCUT2D eigenvalue weighted by atomic mass is 10.3. The zero-order chi connectivity index (χ0) is 13.3. The average molecular weight is 254 g/mol. The maximum atomic E-state index is 12.2. The Morgan fingerprint density at radius 2 is 1.83 bits per heavy atom. The number of aromatic nitrogens is 2. The molecule has 0 aliphatic carbocycles. The SMILES string of the molecule is Cc1c(OC(F)F)c(=O)n(-c2ccccc2)n1C. The van der Waals surface area contributed by atoms with Crippen LogP contribution < -0.4 is 10.3 Å². The van der Waals surface area contributed by atoms with E-state index in [1.165, 1.54) is 9.36 Å². The third kappa shape index (κ3) is 2.01. The molecule has 1 aromatic carbocycles. The normalized spacial score (nSPS) is 10.9. The molecular weight excluding hydrogens is 242 g/mol. The quantitative estimate of drug-likeness (QED) is 0.840. The van der Waals surface area contributed by atoms with Crippen molar-refractivity contribution in [3.63, 3.8) is 0 Å².